The number of carbonyl (C=O) groups excluding carboxylic acids is 1. The fraction of sp³-hybridized carbons (Fsp3) is 0.714. The van der Waals surface area contributed by atoms with Gasteiger partial charge in [-0.15, -0.1) is 13.2 Å². The summed E-state index contributed by atoms with van der Waals surface area (Å²) in [5.41, 5.74) is 0.953. The van der Waals surface area contributed by atoms with E-state index < -0.39 is 12.1 Å². The predicted molar refractivity (Wildman–Crippen MR) is 104 cm³/mol. The van der Waals surface area contributed by atoms with Crippen LogP contribution in [0.4, 0.5) is 13.2 Å². The van der Waals surface area contributed by atoms with E-state index in [1.165, 1.54) is 6.07 Å². The second kappa shape index (κ2) is 10.0. The normalized spacial score (nSPS) is 22.3. The third-order valence-corrected chi connectivity index (χ3v) is 5.94. The zero-order chi connectivity index (χ0) is 22.6. The van der Waals surface area contributed by atoms with Crippen molar-refractivity contribution in [2.45, 2.75) is 70.9 Å². The highest BCUT2D eigenvalue weighted by molar-refractivity contribution is 5.79. The molecule has 3 atom stereocenters. The average molecular weight is 446 g/mol. The van der Waals surface area contributed by atoms with E-state index >= 15 is 0 Å². The number of amides is 1. The number of alkyl halides is 3. The summed E-state index contributed by atoms with van der Waals surface area (Å²) in [5, 5.41) is 13.6. The van der Waals surface area contributed by atoms with Crippen molar-refractivity contribution < 1.29 is 37.4 Å². The van der Waals surface area contributed by atoms with Crippen LogP contribution in [0.5, 0.6) is 5.75 Å². The molecule has 0 radical (unpaired) electrons. The Kier molecular flexibility index (Phi) is 7.64. The van der Waals surface area contributed by atoms with Crippen molar-refractivity contribution in [2.24, 2.45) is 5.92 Å². The molecule has 0 bridgehead atoms. The van der Waals surface area contributed by atoms with Gasteiger partial charge in [-0.2, -0.15) is 0 Å². The molecule has 31 heavy (non-hydrogen) atoms. The third-order valence-electron chi connectivity index (χ3n) is 5.94. The van der Waals surface area contributed by atoms with E-state index in [0.29, 0.717) is 48.2 Å². The fourth-order valence-electron chi connectivity index (χ4n) is 4.46. The lowest BCUT2D eigenvalue weighted by atomic mass is 10.0. The number of ether oxygens (including phenoxy) is 2. The molecule has 0 aromatic carbocycles. The van der Waals surface area contributed by atoms with E-state index in [1.807, 2.05) is 6.92 Å². The van der Waals surface area contributed by atoms with Crippen molar-refractivity contribution in [1.82, 2.24) is 10.2 Å². The van der Waals surface area contributed by atoms with Crippen LogP contribution in [0.3, 0.4) is 0 Å². The van der Waals surface area contributed by atoms with E-state index in [0.717, 1.165) is 31.9 Å². The number of aromatic nitrogens is 1. The number of hydrogen-bond donors (Lipinski definition) is 2. The molecule has 3 unspecified atom stereocenters. The van der Waals surface area contributed by atoms with E-state index in [2.05, 4.69) is 17.0 Å². The number of fused-ring (bicyclic) bond motifs is 1. The van der Waals surface area contributed by atoms with Crippen LogP contribution in [0.15, 0.2) is 12.3 Å². The molecule has 1 aromatic heterocycles. The van der Waals surface area contributed by atoms with Crippen molar-refractivity contribution >= 4 is 5.91 Å². The summed E-state index contributed by atoms with van der Waals surface area (Å²) in [6, 6.07) is 1.82. The van der Waals surface area contributed by atoms with Crippen molar-refractivity contribution in [3.05, 3.63) is 23.5 Å². The first-order chi connectivity index (χ1) is 14.7. The average Bonchev–Trinajstić information content (AvgIpc) is 3.14. The first-order valence-corrected chi connectivity index (χ1v) is 10.8. The Morgan fingerprint density at radius 1 is 1.42 bits per heavy atom. The van der Waals surface area contributed by atoms with Crippen LogP contribution in [-0.4, -0.2) is 54.2 Å². The number of halogens is 3. The summed E-state index contributed by atoms with van der Waals surface area (Å²) in [6.07, 6.45) is -0.226. The molecule has 2 heterocycles. The van der Waals surface area contributed by atoms with Crippen LogP contribution in [0.25, 0.3) is 0 Å². The summed E-state index contributed by atoms with van der Waals surface area (Å²) in [4.78, 5) is 14.7. The first-order valence-electron chi connectivity index (χ1n) is 10.8. The summed E-state index contributed by atoms with van der Waals surface area (Å²) < 4.78 is 47.6. The second-order valence-electron chi connectivity index (χ2n) is 8.31. The molecule has 0 spiro atoms. The molecule has 10 heteroatoms. The Balaban J connectivity index is 1.57. The lowest BCUT2D eigenvalue weighted by Gasteiger charge is -2.29. The summed E-state index contributed by atoms with van der Waals surface area (Å²) >= 11 is 0. The van der Waals surface area contributed by atoms with Gasteiger partial charge in [-0.05, 0) is 45.6 Å². The van der Waals surface area contributed by atoms with Crippen molar-refractivity contribution in [3.8, 4) is 5.75 Å². The van der Waals surface area contributed by atoms with E-state index in [-0.39, 0.29) is 24.4 Å². The van der Waals surface area contributed by atoms with E-state index in [4.69, 9.17) is 4.74 Å². The van der Waals surface area contributed by atoms with Gasteiger partial charge in [-0.3, -0.25) is 10.0 Å². The van der Waals surface area contributed by atoms with E-state index in [1.54, 1.807) is 4.90 Å². The molecule has 3 rings (SSSR count). The Labute approximate surface area is 180 Å². The van der Waals surface area contributed by atoms with Gasteiger partial charge >= 0.3 is 6.36 Å². The first kappa shape index (κ1) is 23.6. The van der Waals surface area contributed by atoms with Crippen LogP contribution < -0.4 is 14.8 Å². The van der Waals surface area contributed by atoms with Crippen molar-refractivity contribution in [2.75, 3.05) is 19.8 Å². The molecule has 1 saturated carbocycles. The molecular formula is C21H31F3N3O4+. The highest BCUT2D eigenvalue weighted by Gasteiger charge is 2.37. The van der Waals surface area contributed by atoms with Gasteiger partial charge in [-0.1, -0.05) is 0 Å². The van der Waals surface area contributed by atoms with Crippen LogP contribution in [0, 0.1) is 5.92 Å². The maximum Gasteiger partial charge on any atom is 0.573 e. The molecule has 1 amide bonds. The minimum absolute atomic E-state index is 0.0172. The Morgan fingerprint density at radius 2 is 2.19 bits per heavy atom. The standard InChI is InChI=1S/C21H31F3N3O4/c1-3-30-9-7-14(2)25-17-5-4-15(10-17)20(28)26-8-6-19-16(12-26)11-18(13-27(19)29)31-21(22,23)24/h11,13-15,17,25,29H,3-10,12H2,1-2H3/q+1. The van der Waals surface area contributed by atoms with Gasteiger partial charge in [0.2, 0.25) is 11.6 Å². The number of pyridine rings is 1. The molecule has 174 valence electrons. The summed E-state index contributed by atoms with van der Waals surface area (Å²) in [5.74, 6) is -0.591. The molecule has 7 nitrogen and oxygen atoms in total. The lowest BCUT2D eigenvalue weighted by molar-refractivity contribution is -0.910. The summed E-state index contributed by atoms with van der Waals surface area (Å²) in [6.45, 7) is 6.06. The van der Waals surface area contributed by atoms with Gasteiger partial charge in [0.1, 0.15) is 0 Å². The highest BCUT2D eigenvalue weighted by atomic mass is 19.4. The molecule has 0 saturated heterocycles. The molecule has 1 fully saturated rings. The minimum atomic E-state index is -4.85. The molecule has 1 aliphatic heterocycles. The molecule has 1 aromatic rings. The Hall–Kier alpha value is -2.07. The maximum absolute atomic E-state index is 13.0. The minimum Gasteiger partial charge on any atom is -0.399 e. The molecule has 1 aliphatic carbocycles. The van der Waals surface area contributed by atoms with Gasteiger partial charge in [0, 0.05) is 48.1 Å². The van der Waals surface area contributed by atoms with Crippen molar-refractivity contribution in [3.63, 3.8) is 0 Å². The van der Waals surface area contributed by atoms with Crippen LogP contribution in [0.2, 0.25) is 0 Å². The Morgan fingerprint density at radius 3 is 2.90 bits per heavy atom. The smallest absolute Gasteiger partial charge is 0.399 e. The maximum atomic E-state index is 13.0. The summed E-state index contributed by atoms with van der Waals surface area (Å²) in [7, 11) is 0. The predicted octanol–water partition coefficient (Wildman–Crippen LogP) is 2.57. The van der Waals surface area contributed by atoms with Gasteiger partial charge in [-0.25, -0.2) is 0 Å². The zero-order valence-electron chi connectivity index (χ0n) is 18.0. The lowest BCUT2D eigenvalue weighted by Crippen LogP contribution is -2.46. The van der Waals surface area contributed by atoms with E-state index in [9.17, 15) is 23.2 Å². The number of hydrogen-bond acceptors (Lipinski definition) is 5. The largest absolute Gasteiger partial charge is 0.573 e. The van der Waals surface area contributed by atoms with Crippen LogP contribution in [0.1, 0.15) is 50.8 Å². The molecule has 2 N–H and O–H groups in total. The molecule has 2 aliphatic rings. The number of rotatable bonds is 8. The highest BCUT2D eigenvalue weighted by Crippen LogP contribution is 2.31. The quantitative estimate of drug-likeness (QED) is 0.365. The van der Waals surface area contributed by atoms with Gasteiger partial charge < -0.3 is 19.7 Å². The Bertz CT molecular complexity index is 775. The fourth-order valence-corrected chi connectivity index (χ4v) is 4.46. The third kappa shape index (κ3) is 6.46. The van der Waals surface area contributed by atoms with Gasteiger partial charge in [0.05, 0.1) is 13.0 Å². The van der Waals surface area contributed by atoms with Gasteiger partial charge in [0.25, 0.3) is 6.20 Å². The molecular weight excluding hydrogens is 415 g/mol. The number of nitrogens with one attached hydrogen (secondary N) is 1. The topological polar surface area (TPSA) is 74.9 Å². The monoisotopic (exact) mass is 446 g/mol. The van der Waals surface area contributed by atoms with Crippen molar-refractivity contribution in [1.29, 1.82) is 0 Å². The number of carbonyl (C=O) groups is 1. The SMILES string of the molecule is CCOCCC(C)NC1CCC(C(=O)N2CCc3c(cc(OC(F)(F)F)c[n+]3O)C2)C1. The van der Waals surface area contributed by atoms with Crippen LogP contribution in [-0.2, 0) is 22.5 Å². The second-order valence-corrected chi connectivity index (χ2v) is 8.31. The zero-order valence-corrected chi connectivity index (χ0v) is 18.0. The van der Waals surface area contributed by atoms with Gasteiger partial charge in [0.15, 0.2) is 5.75 Å². The van der Waals surface area contributed by atoms with Crippen LogP contribution >= 0.6 is 0 Å². The number of nitrogens with zero attached hydrogens (tertiary/aromatic N) is 2.